The highest BCUT2D eigenvalue weighted by Crippen LogP contribution is 2.05. The molecule has 0 saturated carbocycles. The molecule has 0 radical (unpaired) electrons. The highest BCUT2D eigenvalue weighted by atomic mass is 16.4. The summed E-state index contributed by atoms with van der Waals surface area (Å²) in [6.45, 7) is 3.81. The average molecular weight is 207 g/mol. The maximum atomic E-state index is 5.25. The lowest BCUT2D eigenvalue weighted by atomic mass is 10.4. The van der Waals surface area contributed by atoms with E-state index in [-0.39, 0.29) is 0 Å². The number of rotatable bonds is 5. The first kappa shape index (κ1) is 9.85. The van der Waals surface area contributed by atoms with Crippen LogP contribution in [-0.4, -0.2) is 26.3 Å². The van der Waals surface area contributed by atoms with Crippen LogP contribution in [0.25, 0.3) is 6.01 Å². The van der Waals surface area contributed by atoms with Crippen molar-refractivity contribution in [1.82, 2.24) is 25.1 Å². The molecule has 2 heterocycles. The molecule has 2 aromatic heterocycles. The van der Waals surface area contributed by atoms with Gasteiger partial charge in [-0.05, 0) is 13.0 Å². The van der Waals surface area contributed by atoms with Gasteiger partial charge in [0.2, 0.25) is 0 Å². The van der Waals surface area contributed by atoms with Gasteiger partial charge in [-0.3, -0.25) is 0 Å². The monoisotopic (exact) mass is 207 g/mol. The maximum absolute atomic E-state index is 5.25. The quantitative estimate of drug-likeness (QED) is 0.733. The normalized spacial score (nSPS) is 10.7. The van der Waals surface area contributed by atoms with Gasteiger partial charge < -0.3 is 9.73 Å². The van der Waals surface area contributed by atoms with Crippen LogP contribution in [0.1, 0.15) is 19.0 Å². The summed E-state index contributed by atoms with van der Waals surface area (Å²) >= 11 is 0. The third-order valence-corrected chi connectivity index (χ3v) is 1.89. The molecule has 0 bridgehead atoms. The van der Waals surface area contributed by atoms with Gasteiger partial charge in [0, 0.05) is 6.54 Å². The third-order valence-electron chi connectivity index (χ3n) is 1.89. The summed E-state index contributed by atoms with van der Waals surface area (Å²) in [6, 6.07) is 0.445. The fraction of sp³-hybridized carbons (Fsp3) is 0.444. The van der Waals surface area contributed by atoms with Gasteiger partial charge in [0.05, 0.1) is 5.69 Å². The lowest BCUT2D eigenvalue weighted by Crippen LogP contribution is -2.14. The van der Waals surface area contributed by atoms with Crippen LogP contribution < -0.4 is 5.32 Å². The first-order valence-corrected chi connectivity index (χ1v) is 4.90. The lowest BCUT2D eigenvalue weighted by molar-refractivity contribution is 0.508. The molecule has 0 aliphatic carbocycles. The molecule has 0 fully saturated rings. The summed E-state index contributed by atoms with van der Waals surface area (Å²) < 4.78 is 6.74. The minimum atomic E-state index is 0.445. The van der Waals surface area contributed by atoms with Crippen molar-refractivity contribution in [3.8, 4) is 6.01 Å². The molecule has 2 rings (SSSR count). The summed E-state index contributed by atoms with van der Waals surface area (Å²) in [6.07, 6.45) is 5.72. The van der Waals surface area contributed by atoms with Crippen molar-refractivity contribution in [3.63, 3.8) is 0 Å². The van der Waals surface area contributed by atoms with Crippen molar-refractivity contribution in [2.75, 3.05) is 6.54 Å². The van der Waals surface area contributed by atoms with E-state index in [2.05, 4.69) is 27.3 Å². The van der Waals surface area contributed by atoms with Gasteiger partial charge in [0.25, 0.3) is 0 Å². The van der Waals surface area contributed by atoms with Gasteiger partial charge in [-0.15, -0.1) is 0 Å². The highest BCUT2D eigenvalue weighted by Gasteiger charge is 2.05. The smallest absolute Gasteiger partial charge is 0.324 e. The molecule has 0 unspecified atom stereocenters. The second kappa shape index (κ2) is 4.70. The molecule has 15 heavy (non-hydrogen) atoms. The van der Waals surface area contributed by atoms with E-state index in [9.17, 15) is 0 Å². The molecule has 2 aromatic rings. The largest absolute Gasteiger partial charge is 0.430 e. The molecule has 0 saturated heterocycles. The maximum Gasteiger partial charge on any atom is 0.324 e. The zero-order chi connectivity index (χ0) is 10.5. The van der Waals surface area contributed by atoms with Crippen LogP contribution in [0.5, 0.6) is 0 Å². The van der Waals surface area contributed by atoms with Crippen LogP contribution in [0, 0.1) is 0 Å². The number of nitrogens with one attached hydrogen (secondary N) is 1. The molecule has 0 amide bonds. The SMILES string of the molecule is CCCNCc1coc(-n2cncn2)n1. The predicted molar refractivity (Wildman–Crippen MR) is 53.4 cm³/mol. The summed E-state index contributed by atoms with van der Waals surface area (Å²) in [4.78, 5) is 8.08. The summed E-state index contributed by atoms with van der Waals surface area (Å²) in [7, 11) is 0. The Kier molecular flexibility index (Phi) is 3.08. The Balaban J connectivity index is 1.98. The van der Waals surface area contributed by atoms with Gasteiger partial charge in [-0.25, -0.2) is 4.98 Å². The predicted octanol–water partition coefficient (Wildman–Crippen LogP) is 0.755. The van der Waals surface area contributed by atoms with E-state index in [0.717, 1.165) is 18.7 Å². The molecule has 6 nitrogen and oxygen atoms in total. The molecule has 0 aliphatic heterocycles. The van der Waals surface area contributed by atoms with E-state index in [1.54, 1.807) is 12.6 Å². The first-order chi connectivity index (χ1) is 7.40. The van der Waals surface area contributed by atoms with E-state index in [4.69, 9.17) is 4.42 Å². The fourth-order valence-electron chi connectivity index (χ4n) is 1.18. The topological polar surface area (TPSA) is 68.8 Å². The van der Waals surface area contributed by atoms with E-state index in [1.165, 1.54) is 11.0 Å². The van der Waals surface area contributed by atoms with E-state index < -0.39 is 0 Å². The highest BCUT2D eigenvalue weighted by molar-refractivity contribution is 5.06. The van der Waals surface area contributed by atoms with Crippen LogP contribution in [0.2, 0.25) is 0 Å². The number of aromatic nitrogens is 4. The number of nitrogens with zero attached hydrogens (tertiary/aromatic N) is 4. The molecule has 80 valence electrons. The van der Waals surface area contributed by atoms with Crippen molar-refractivity contribution < 1.29 is 4.42 Å². The van der Waals surface area contributed by atoms with E-state index in [1.807, 2.05) is 0 Å². The van der Waals surface area contributed by atoms with Crippen LogP contribution in [-0.2, 0) is 6.54 Å². The Morgan fingerprint density at radius 1 is 1.53 bits per heavy atom. The fourth-order valence-corrected chi connectivity index (χ4v) is 1.18. The Labute approximate surface area is 87.3 Å². The Morgan fingerprint density at radius 2 is 2.47 bits per heavy atom. The Morgan fingerprint density at radius 3 is 3.20 bits per heavy atom. The first-order valence-electron chi connectivity index (χ1n) is 4.90. The molecular formula is C9H13N5O. The molecule has 0 spiro atoms. The van der Waals surface area contributed by atoms with Gasteiger partial charge in [0.15, 0.2) is 0 Å². The van der Waals surface area contributed by atoms with Gasteiger partial charge in [0.1, 0.15) is 18.9 Å². The number of oxazole rings is 1. The van der Waals surface area contributed by atoms with Gasteiger partial charge in [-0.2, -0.15) is 14.8 Å². The number of hydrogen-bond acceptors (Lipinski definition) is 5. The van der Waals surface area contributed by atoms with Gasteiger partial charge in [-0.1, -0.05) is 6.92 Å². The van der Waals surface area contributed by atoms with Crippen molar-refractivity contribution in [1.29, 1.82) is 0 Å². The van der Waals surface area contributed by atoms with Crippen LogP contribution in [0.15, 0.2) is 23.3 Å². The number of hydrogen-bond donors (Lipinski definition) is 1. The standard InChI is InChI=1S/C9H13N5O/c1-2-3-10-4-8-5-15-9(13-8)14-7-11-6-12-14/h5-7,10H,2-4H2,1H3. The van der Waals surface area contributed by atoms with Crippen LogP contribution in [0.4, 0.5) is 0 Å². The molecule has 0 aliphatic rings. The second-order valence-corrected chi connectivity index (χ2v) is 3.14. The Hall–Kier alpha value is -1.69. The van der Waals surface area contributed by atoms with E-state index in [0.29, 0.717) is 12.6 Å². The Bertz CT molecular complexity index is 394. The summed E-state index contributed by atoms with van der Waals surface area (Å²) in [5.41, 5.74) is 0.869. The zero-order valence-electron chi connectivity index (χ0n) is 8.55. The molecule has 0 aromatic carbocycles. The molecule has 0 atom stereocenters. The van der Waals surface area contributed by atoms with Crippen LogP contribution in [0.3, 0.4) is 0 Å². The van der Waals surface area contributed by atoms with Crippen LogP contribution >= 0.6 is 0 Å². The van der Waals surface area contributed by atoms with Crippen molar-refractivity contribution >= 4 is 0 Å². The minimum absolute atomic E-state index is 0.445. The third kappa shape index (κ3) is 2.41. The molecule has 1 N–H and O–H groups in total. The molecule has 6 heteroatoms. The molecular weight excluding hydrogens is 194 g/mol. The zero-order valence-corrected chi connectivity index (χ0v) is 8.55. The second-order valence-electron chi connectivity index (χ2n) is 3.14. The van der Waals surface area contributed by atoms with Crippen molar-refractivity contribution in [3.05, 3.63) is 24.6 Å². The summed E-state index contributed by atoms with van der Waals surface area (Å²) in [5.74, 6) is 0. The summed E-state index contributed by atoms with van der Waals surface area (Å²) in [5, 5.41) is 7.17. The van der Waals surface area contributed by atoms with Gasteiger partial charge >= 0.3 is 6.01 Å². The van der Waals surface area contributed by atoms with Crippen molar-refractivity contribution in [2.24, 2.45) is 0 Å². The van der Waals surface area contributed by atoms with Crippen molar-refractivity contribution in [2.45, 2.75) is 19.9 Å². The average Bonchev–Trinajstić information content (AvgIpc) is 2.87. The minimum Gasteiger partial charge on any atom is -0.430 e. The van der Waals surface area contributed by atoms with E-state index >= 15 is 0 Å². The lowest BCUT2D eigenvalue weighted by Gasteiger charge is -1.96.